The first kappa shape index (κ1) is 16.2. The standard InChI is InChI=1S/C11H21F3N2O/c1-9(2)5-3-4-6-15-7-10(17)16-8-11(12,13)14/h9,15H,3-8H2,1-2H3,(H,16,17). The third kappa shape index (κ3) is 13.2. The van der Waals surface area contributed by atoms with Crippen molar-refractivity contribution in [3.63, 3.8) is 0 Å². The van der Waals surface area contributed by atoms with Gasteiger partial charge in [0.05, 0.1) is 6.54 Å². The van der Waals surface area contributed by atoms with E-state index >= 15 is 0 Å². The van der Waals surface area contributed by atoms with Crippen LogP contribution in [0.2, 0.25) is 0 Å². The average molecular weight is 254 g/mol. The van der Waals surface area contributed by atoms with Crippen molar-refractivity contribution in [1.82, 2.24) is 10.6 Å². The predicted octanol–water partition coefficient (Wildman–Crippen LogP) is 2.08. The van der Waals surface area contributed by atoms with E-state index in [2.05, 4.69) is 19.2 Å². The van der Waals surface area contributed by atoms with Crippen molar-refractivity contribution in [2.24, 2.45) is 5.92 Å². The second-order valence-electron chi connectivity index (χ2n) is 4.46. The Morgan fingerprint density at radius 1 is 1.24 bits per heavy atom. The van der Waals surface area contributed by atoms with Crippen molar-refractivity contribution < 1.29 is 18.0 Å². The summed E-state index contributed by atoms with van der Waals surface area (Å²) in [5.74, 6) is 0.0382. The number of hydrogen-bond acceptors (Lipinski definition) is 2. The van der Waals surface area contributed by atoms with Crippen LogP contribution in [0.5, 0.6) is 0 Å². The lowest BCUT2D eigenvalue weighted by Gasteiger charge is -2.09. The van der Waals surface area contributed by atoms with Crippen LogP contribution in [0.3, 0.4) is 0 Å². The van der Waals surface area contributed by atoms with Gasteiger partial charge in [-0.25, -0.2) is 0 Å². The van der Waals surface area contributed by atoms with Crippen LogP contribution in [-0.2, 0) is 4.79 Å². The van der Waals surface area contributed by atoms with Crippen LogP contribution in [-0.4, -0.2) is 31.7 Å². The van der Waals surface area contributed by atoms with Crippen molar-refractivity contribution in [3.05, 3.63) is 0 Å². The smallest absolute Gasteiger partial charge is 0.346 e. The molecular formula is C11H21F3N2O. The Morgan fingerprint density at radius 3 is 2.41 bits per heavy atom. The SMILES string of the molecule is CC(C)CCCCNCC(=O)NCC(F)(F)F. The number of alkyl halides is 3. The molecule has 0 saturated carbocycles. The lowest BCUT2D eigenvalue weighted by Crippen LogP contribution is -2.39. The molecule has 0 spiro atoms. The maximum absolute atomic E-state index is 11.7. The Morgan fingerprint density at radius 2 is 1.88 bits per heavy atom. The molecule has 0 aliphatic carbocycles. The quantitative estimate of drug-likeness (QED) is 0.651. The fourth-order valence-corrected chi connectivity index (χ4v) is 1.27. The number of unbranched alkanes of at least 4 members (excludes halogenated alkanes) is 1. The molecule has 0 aromatic rings. The summed E-state index contributed by atoms with van der Waals surface area (Å²) in [6.07, 6.45) is -1.21. The van der Waals surface area contributed by atoms with Gasteiger partial charge in [0.15, 0.2) is 0 Å². The Balaban J connectivity index is 3.34. The van der Waals surface area contributed by atoms with Gasteiger partial charge >= 0.3 is 6.18 Å². The number of hydrogen-bond donors (Lipinski definition) is 2. The van der Waals surface area contributed by atoms with Crippen molar-refractivity contribution in [2.75, 3.05) is 19.6 Å². The van der Waals surface area contributed by atoms with Gasteiger partial charge in [0, 0.05) is 0 Å². The molecule has 6 heteroatoms. The number of halogens is 3. The largest absolute Gasteiger partial charge is 0.405 e. The van der Waals surface area contributed by atoms with E-state index in [0.717, 1.165) is 19.3 Å². The molecule has 3 nitrogen and oxygen atoms in total. The van der Waals surface area contributed by atoms with E-state index in [9.17, 15) is 18.0 Å². The average Bonchev–Trinajstić information content (AvgIpc) is 2.19. The normalized spacial score (nSPS) is 11.9. The molecule has 17 heavy (non-hydrogen) atoms. The van der Waals surface area contributed by atoms with E-state index in [4.69, 9.17) is 0 Å². The first-order valence-corrected chi connectivity index (χ1v) is 5.85. The molecule has 0 aromatic heterocycles. The summed E-state index contributed by atoms with van der Waals surface area (Å²) >= 11 is 0. The van der Waals surface area contributed by atoms with Crippen molar-refractivity contribution in [2.45, 2.75) is 39.3 Å². The Kier molecular flexibility index (Phi) is 7.95. The molecule has 0 radical (unpaired) electrons. The summed E-state index contributed by atoms with van der Waals surface area (Å²) in [4.78, 5) is 11.0. The summed E-state index contributed by atoms with van der Waals surface area (Å²) < 4.78 is 35.2. The Labute approximate surface area is 100 Å². The number of carbonyl (C=O) groups is 1. The van der Waals surface area contributed by atoms with Gasteiger partial charge in [0.25, 0.3) is 0 Å². The molecule has 0 rings (SSSR count). The van der Waals surface area contributed by atoms with Gasteiger partial charge in [-0.2, -0.15) is 13.2 Å². The third-order valence-corrected chi connectivity index (χ3v) is 2.16. The van der Waals surface area contributed by atoms with Crippen LogP contribution < -0.4 is 10.6 Å². The van der Waals surface area contributed by atoms with E-state index in [1.54, 1.807) is 5.32 Å². The van der Waals surface area contributed by atoms with Gasteiger partial charge in [-0.1, -0.05) is 26.7 Å². The summed E-state index contributed by atoms with van der Waals surface area (Å²) in [6, 6.07) is 0. The monoisotopic (exact) mass is 254 g/mol. The lowest BCUT2D eigenvalue weighted by molar-refractivity contribution is -0.137. The zero-order valence-corrected chi connectivity index (χ0v) is 10.4. The first-order chi connectivity index (χ1) is 7.81. The minimum atomic E-state index is -4.34. The Hall–Kier alpha value is -0.780. The molecule has 0 aromatic carbocycles. The fraction of sp³-hybridized carbons (Fsp3) is 0.909. The van der Waals surface area contributed by atoms with Crippen LogP contribution >= 0.6 is 0 Å². The van der Waals surface area contributed by atoms with E-state index in [1.807, 2.05) is 0 Å². The molecule has 0 heterocycles. The summed E-state index contributed by atoms with van der Waals surface area (Å²) in [5.41, 5.74) is 0. The minimum Gasteiger partial charge on any atom is -0.346 e. The zero-order valence-electron chi connectivity index (χ0n) is 10.4. The Bertz CT molecular complexity index is 217. The van der Waals surface area contributed by atoms with Gasteiger partial charge in [0.1, 0.15) is 6.54 Å². The van der Waals surface area contributed by atoms with E-state index < -0.39 is 18.6 Å². The highest BCUT2D eigenvalue weighted by atomic mass is 19.4. The summed E-state index contributed by atoms with van der Waals surface area (Å²) in [6.45, 7) is 3.61. The summed E-state index contributed by atoms with van der Waals surface area (Å²) in [7, 11) is 0. The molecule has 0 saturated heterocycles. The molecule has 0 aliphatic rings. The third-order valence-electron chi connectivity index (χ3n) is 2.16. The second kappa shape index (κ2) is 8.33. The minimum absolute atomic E-state index is 0.0578. The van der Waals surface area contributed by atoms with E-state index in [1.165, 1.54) is 0 Å². The van der Waals surface area contributed by atoms with Gasteiger partial charge in [-0.15, -0.1) is 0 Å². The first-order valence-electron chi connectivity index (χ1n) is 5.85. The van der Waals surface area contributed by atoms with E-state index in [0.29, 0.717) is 12.5 Å². The number of rotatable bonds is 8. The molecule has 0 atom stereocenters. The molecule has 0 bridgehead atoms. The second-order valence-corrected chi connectivity index (χ2v) is 4.46. The number of carbonyl (C=O) groups excluding carboxylic acids is 1. The van der Waals surface area contributed by atoms with Crippen molar-refractivity contribution in [3.8, 4) is 0 Å². The van der Waals surface area contributed by atoms with Crippen LogP contribution in [0.4, 0.5) is 13.2 Å². The molecule has 0 unspecified atom stereocenters. The van der Waals surface area contributed by atoms with Crippen LogP contribution in [0.25, 0.3) is 0 Å². The summed E-state index contributed by atoms with van der Waals surface area (Å²) in [5, 5.41) is 4.62. The number of amides is 1. The maximum Gasteiger partial charge on any atom is 0.405 e. The zero-order chi connectivity index (χ0) is 13.3. The van der Waals surface area contributed by atoms with Crippen molar-refractivity contribution >= 4 is 5.91 Å². The molecular weight excluding hydrogens is 233 g/mol. The van der Waals surface area contributed by atoms with Crippen LogP contribution in [0, 0.1) is 5.92 Å². The molecule has 1 amide bonds. The molecule has 2 N–H and O–H groups in total. The van der Waals surface area contributed by atoms with Crippen molar-refractivity contribution in [1.29, 1.82) is 0 Å². The molecule has 0 fully saturated rings. The predicted molar refractivity (Wildman–Crippen MR) is 60.6 cm³/mol. The van der Waals surface area contributed by atoms with Gasteiger partial charge in [-0.3, -0.25) is 4.79 Å². The van der Waals surface area contributed by atoms with Crippen LogP contribution in [0.15, 0.2) is 0 Å². The highest BCUT2D eigenvalue weighted by Crippen LogP contribution is 2.11. The van der Waals surface area contributed by atoms with E-state index in [-0.39, 0.29) is 6.54 Å². The lowest BCUT2D eigenvalue weighted by atomic mass is 10.1. The van der Waals surface area contributed by atoms with Crippen LogP contribution in [0.1, 0.15) is 33.1 Å². The topological polar surface area (TPSA) is 41.1 Å². The maximum atomic E-state index is 11.7. The number of nitrogens with one attached hydrogen (secondary N) is 2. The fourth-order valence-electron chi connectivity index (χ4n) is 1.27. The molecule has 0 aliphatic heterocycles. The highest BCUT2D eigenvalue weighted by Gasteiger charge is 2.27. The van der Waals surface area contributed by atoms with Gasteiger partial charge in [-0.05, 0) is 18.9 Å². The van der Waals surface area contributed by atoms with Gasteiger partial charge in [0.2, 0.25) is 5.91 Å². The molecule has 102 valence electrons. The highest BCUT2D eigenvalue weighted by molar-refractivity contribution is 5.77. The van der Waals surface area contributed by atoms with Gasteiger partial charge < -0.3 is 10.6 Å².